The molecule has 0 aliphatic carbocycles. The predicted octanol–water partition coefficient (Wildman–Crippen LogP) is 2.10. The van der Waals surface area contributed by atoms with Crippen LogP contribution in [0.4, 0.5) is 5.69 Å². The van der Waals surface area contributed by atoms with Gasteiger partial charge in [-0.3, -0.25) is 14.5 Å². The fourth-order valence-electron chi connectivity index (χ4n) is 3.16. The van der Waals surface area contributed by atoms with Crippen LogP contribution >= 0.6 is 0 Å². The average Bonchev–Trinajstić information content (AvgIpc) is 2.66. The second-order valence-electron chi connectivity index (χ2n) is 6.16. The monoisotopic (exact) mass is 349 g/mol. The second-order valence-corrected chi connectivity index (χ2v) is 6.16. The first-order chi connectivity index (χ1) is 12.6. The number of rotatable bonds is 4. The Kier molecular flexibility index (Phi) is 5.30. The standard InChI is InChI=1S/C20H19N3O3/c1-26-20(25)18-10-15-6-2-3-7-16(15)12-23(18)13-19(24)22-17-8-4-5-14(9-17)11-21/h2-9,18H,10,12-13H2,1H3,(H,22,24)/t18-/m0/s1. The summed E-state index contributed by atoms with van der Waals surface area (Å²) < 4.78 is 4.92. The van der Waals surface area contributed by atoms with Gasteiger partial charge < -0.3 is 10.1 Å². The molecular formula is C20H19N3O3. The molecule has 1 atom stereocenters. The fourth-order valence-corrected chi connectivity index (χ4v) is 3.16. The van der Waals surface area contributed by atoms with Gasteiger partial charge in [0.15, 0.2) is 0 Å². The molecule has 1 N–H and O–H groups in total. The number of anilines is 1. The van der Waals surface area contributed by atoms with Crippen molar-refractivity contribution in [1.29, 1.82) is 5.26 Å². The van der Waals surface area contributed by atoms with E-state index in [1.165, 1.54) is 7.11 Å². The molecule has 3 rings (SSSR count). The largest absolute Gasteiger partial charge is 0.468 e. The van der Waals surface area contributed by atoms with Crippen LogP contribution in [-0.2, 0) is 27.3 Å². The van der Waals surface area contributed by atoms with Gasteiger partial charge in [-0.25, -0.2) is 0 Å². The van der Waals surface area contributed by atoms with Gasteiger partial charge in [0.2, 0.25) is 5.91 Å². The normalized spacial score (nSPS) is 16.2. The zero-order valence-electron chi connectivity index (χ0n) is 14.4. The van der Waals surface area contributed by atoms with Crippen LogP contribution in [0.25, 0.3) is 0 Å². The van der Waals surface area contributed by atoms with Crippen LogP contribution < -0.4 is 5.32 Å². The van der Waals surface area contributed by atoms with Gasteiger partial charge in [-0.05, 0) is 35.7 Å². The number of carbonyl (C=O) groups excluding carboxylic acids is 2. The Bertz CT molecular complexity index is 873. The van der Waals surface area contributed by atoms with Gasteiger partial charge in [0.1, 0.15) is 6.04 Å². The summed E-state index contributed by atoms with van der Waals surface area (Å²) in [5, 5.41) is 11.7. The fraction of sp³-hybridized carbons (Fsp3) is 0.250. The molecule has 132 valence electrons. The van der Waals surface area contributed by atoms with Crippen molar-refractivity contribution in [2.75, 3.05) is 19.0 Å². The van der Waals surface area contributed by atoms with Crippen LogP contribution in [0.15, 0.2) is 48.5 Å². The van der Waals surface area contributed by atoms with Crippen LogP contribution in [-0.4, -0.2) is 36.5 Å². The summed E-state index contributed by atoms with van der Waals surface area (Å²) in [6.07, 6.45) is 0.514. The smallest absolute Gasteiger partial charge is 0.323 e. The summed E-state index contributed by atoms with van der Waals surface area (Å²) in [5.74, 6) is -0.591. The molecule has 1 aliphatic rings. The number of ether oxygens (including phenoxy) is 1. The first kappa shape index (κ1) is 17.6. The van der Waals surface area contributed by atoms with Crippen molar-refractivity contribution in [3.05, 3.63) is 65.2 Å². The molecule has 2 aromatic rings. The number of nitrogens with one attached hydrogen (secondary N) is 1. The number of methoxy groups -OCH3 is 1. The van der Waals surface area contributed by atoms with E-state index in [9.17, 15) is 9.59 Å². The van der Waals surface area contributed by atoms with Crippen LogP contribution in [0.2, 0.25) is 0 Å². The highest BCUT2D eigenvalue weighted by atomic mass is 16.5. The van der Waals surface area contributed by atoms with Crippen LogP contribution in [0.3, 0.4) is 0 Å². The van der Waals surface area contributed by atoms with Gasteiger partial charge in [0.05, 0.1) is 25.3 Å². The number of esters is 1. The van der Waals surface area contributed by atoms with Crippen molar-refractivity contribution in [1.82, 2.24) is 4.90 Å². The summed E-state index contributed by atoms with van der Waals surface area (Å²) in [6, 6.07) is 16.2. The van der Waals surface area contributed by atoms with E-state index >= 15 is 0 Å². The van der Waals surface area contributed by atoms with Crippen LogP contribution in [0.5, 0.6) is 0 Å². The topological polar surface area (TPSA) is 82.4 Å². The molecule has 6 heteroatoms. The molecule has 0 unspecified atom stereocenters. The Morgan fingerprint density at radius 1 is 1.23 bits per heavy atom. The van der Waals surface area contributed by atoms with E-state index in [0.29, 0.717) is 24.2 Å². The minimum Gasteiger partial charge on any atom is -0.468 e. The minimum atomic E-state index is -0.494. The molecule has 1 amide bonds. The minimum absolute atomic E-state index is 0.0604. The van der Waals surface area contributed by atoms with Gasteiger partial charge in [-0.1, -0.05) is 30.3 Å². The first-order valence-corrected chi connectivity index (χ1v) is 8.29. The molecular weight excluding hydrogens is 330 g/mol. The van der Waals surface area contributed by atoms with Crippen LogP contribution in [0, 0.1) is 11.3 Å². The third-order valence-corrected chi connectivity index (χ3v) is 4.44. The van der Waals surface area contributed by atoms with Crippen LogP contribution in [0.1, 0.15) is 16.7 Å². The molecule has 0 spiro atoms. The van der Waals surface area contributed by atoms with Gasteiger partial charge >= 0.3 is 5.97 Å². The molecule has 0 bridgehead atoms. The van der Waals surface area contributed by atoms with Gasteiger partial charge in [-0.15, -0.1) is 0 Å². The highest BCUT2D eigenvalue weighted by Crippen LogP contribution is 2.24. The summed E-state index contributed by atoms with van der Waals surface area (Å²) in [4.78, 5) is 26.5. The zero-order chi connectivity index (χ0) is 18.5. The number of fused-ring (bicyclic) bond motifs is 1. The number of hydrogen-bond acceptors (Lipinski definition) is 5. The SMILES string of the molecule is COC(=O)[C@@H]1Cc2ccccc2CN1CC(=O)Nc1cccc(C#N)c1. The lowest BCUT2D eigenvalue weighted by molar-refractivity contribution is -0.148. The Morgan fingerprint density at radius 3 is 2.73 bits per heavy atom. The summed E-state index contributed by atoms with van der Waals surface area (Å²) >= 11 is 0. The van der Waals surface area contributed by atoms with Crippen molar-refractivity contribution in [3.8, 4) is 6.07 Å². The molecule has 0 radical (unpaired) electrons. The third-order valence-electron chi connectivity index (χ3n) is 4.44. The number of hydrogen-bond donors (Lipinski definition) is 1. The molecule has 0 saturated heterocycles. The summed E-state index contributed by atoms with van der Waals surface area (Å²) in [5.41, 5.74) is 3.23. The summed E-state index contributed by atoms with van der Waals surface area (Å²) in [7, 11) is 1.36. The maximum absolute atomic E-state index is 12.5. The molecule has 1 aliphatic heterocycles. The van der Waals surface area contributed by atoms with E-state index in [1.54, 1.807) is 24.3 Å². The van der Waals surface area contributed by atoms with E-state index in [-0.39, 0.29) is 18.4 Å². The first-order valence-electron chi connectivity index (χ1n) is 8.29. The number of benzene rings is 2. The number of carbonyl (C=O) groups is 2. The summed E-state index contributed by atoms with van der Waals surface area (Å²) in [6.45, 7) is 0.562. The molecule has 6 nitrogen and oxygen atoms in total. The van der Waals surface area contributed by atoms with Crippen molar-refractivity contribution >= 4 is 17.6 Å². The van der Waals surface area contributed by atoms with E-state index < -0.39 is 6.04 Å². The van der Waals surface area contributed by atoms with E-state index in [4.69, 9.17) is 10.00 Å². The molecule has 2 aromatic carbocycles. The van der Waals surface area contributed by atoms with E-state index in [0.717, 1.165) is 11.1 Å². The zero-order valence-corrected chi connectivity index (χ0v) is 14.4. The molecule has 1 heterocycles. The Morgan fingerprint density at radius 2 is 2.00 bits per heavy atom. The second kappa shape index (κ2) is 7.81. The number of amides is 1. The highest BCUT2D eigenvalue weighted by Gasteiger charge is 2.33. The van der Waals surface area contributed by atoms with Crippen molar-refractivity contribution < 1.29 is 14.3 Å². The van der Waals surface area contributed by atoms with Crippen molar-refractivity contribution in [2.45, 2.75) is 19.0 Å². The quantitative estimate of drug-likeness (QED) is 0.855. The Hall–Kier alpha value is -3.17. The predicted molar refractivity (Wildman–Crippen MR) is 96.1 cm³/mol. The lowest BCUT2D eigenvalue weighted by atomic mass is 9.94. The maximum Gasteiger partial charge on any atom is 0.323 e. The molecule has 0 aromatic heterocycles. The van der Waals surface area contributed by atoms with E-state index in [1.807, 2.05) is 35.2 Å². The Balaban J connectivity index is 1.74. The van der Waals surface area contributed by atoms with Crippen molar-refractivity contribution in [3.63, 3.8) is 0 Å². The average molecular weight is 349 g/mol. The Labute approximate surface area is 152 Å². The van der Waals surface area contributed by atoms with E-state index in [2.05, 4.69) is 5.32 Å². The third kappa shape index (κ3) is 3.90. The van der Waals surface area contributed by atoms with Gasteiger partial charge in [-0.2, -0.15) is 5.26 Å². The maximum atomic E-state index is 12.5. The lowest BCUT2D eigenvalue weighted by Gasteiger charge is -2.34. The number of nitrogens with zero attached hydrogens (tertiary/aromatic N) is 2. The molecule has 0 saturated carbocycles. The molecule has 0 fully saturated rings. The highest BCUT2D eigenvalue weighted by molar-refractivity contribution is 5.93. The number of nitriles is 1. The molecule has 26 heavy (non-hydrogen) atoms. The lowest BCUT2D eigenvalue weighted by Crippen LogP contribution is -2.49. The van der Waals surface area contributed by atoms with Gasteiger partial charge in [0.25, 0.3) is 0 Å². The van der Waals surface area contributed by atoms with Crippen molar-refractivity contribution in [2.24, 2.45) is 0 Å². The van der Waals surface area contributed by atoms with Gasteiger partial charge in [0, 0.05) is 12.2 Å².